The van der Waals surface area contributed by atoms with Crippen LogP contribution in [0, 0.1) is 0 Å². The van der Waals surface area contributed by atoms with E-state index in [4.69, 9.17) is 16.3 Å². The monoisotopic (exact) mass is 426 g/mol. The zero-order valence-electron chi connectivity index (χ0n) is 13.4. The fourth-order valence-electron chi connectivity index (χ4n) is 2.59. The smallest absolute Gasteiger partial charge is 0.275 e. The minimum Gasteiger partial charge on any atom is -0.457 e. The van der Waals surface area contributed by atoms with E-state index in [0.717, 1.165) is 15.7 Å². The first-order valence-electron chi connectivity index (χ1n) is 7.82. The van der Waals surface area contributed by atoms with E-state index in [1.165, 1.54) is 0 Å². The summed E-state index contributed by atoms with van der Waals surface area (Å²) in [5.41, 5.74) is 2.62. The van der Waals surface area contributed by atoms with Gasteiger partial charge in [-0.1, -0.05) is 27.5 Å². The van der Waals surface area contributed by atoms with Gasteiger partial charge in [0.2, 0.25) is 0 Å². The van der Waals surface area contributed by atoms with Crippen LogP contribution in [0.25, 0.3) is 0 Å². The van der Waals surface area contributed by atoms with Crippen LogP contribution in [0.15, 0.2) is 76.2 Å². The Labute approximate surface area is 163 Å². The molecule has 1 amide bonds. The number of hydrogen-bond donors (Lipinski definition) is 1. The van der Waals surface area contributed by atoms with Crippen LogP contribution in [0.1, 0.15) is 5.56 Å². The van der Waals surface area contributed by atoms with Crippen molar-refractivity contribution in [2.24, 2.45) is 4.99 Å². The van der Waals surface area contributed by atoms with Crippen molar-refractivity contribution in [3.63, 3.8) is 0 Å². The molecule has 1 aliphatic rings. The van der Waals surface area contributed by atoms with Gasteiger partial charge in [0, 0.05) is 15.1 Å². The molecule has 0 aromatic heterocycles. The molecule has 0 bridgehead atoms. The van der Waals surface area contributed by atoms with Gasteiger partial charge in [-0.25, -0.2) is 4.99 Å². The third kappa shape index (κ3) is 3.49. The van der Waals surface area contributed by atoms with Crippen LogP contribution >= 0.6 is 27.5 Å². The van der Waals surface area contributed by atoms with Gasteiger partial charge in [-0.05, 0) is 66.7 Å². The molecule has 0 unspecified atom stereocenters. The van der Waals surface area contributed by atoms with Crippen LogP contribution in [0.5, 0.6) is 11.5 Å². The summed E-state index contributed by atoms with van der Waals surface area (Å²) in [6, 6.07) is 20.0. The molecule has 1 heterocycles. The molecule has 4 nitrogen and oxygen atoms in total. The Balaban J connectivity index is 1.58. The highest BCUT2D eigenvalue weighted by Crippen LogP contribution is 2.30. The maximum absolute atomic E-state index is 12.2. The Bertz CT molecular complexity index is 1010. The Morgan fingerprint density at radius 2 is 1.58 bits per heavy atom. The highest BCUT2D eigenvalue weighted by atomic mass is 79.9. The summed E-state index contributed by atoms with van der Waals surface area (Å²) in [5, 5.41) is 3.48. The van der Waals surface area contributed by atoms with E-state index in [-0.39, 0.29) is 5.91 Å². The Kier molecular flexibility index (Phi) is 4.49. The summed E-state index contributed by atoms with van der Waals surface area (Å²) in [4.78, 5) is 16.7. The molecule has 0 spiro atoms. The SMILES string of the molecule is O=C1Nc2ccc(Br)cc2C1=Nc1ccc(Oc2ccc(Cl)cc2)cc1. The third-order valence-corrected chi connectivity index (χ3v) is 4.57. The van der Waals surface area contributed by atoms with E-state index >= 15 is 0 Å². The Morgan fingerprint density at radius 3 is 2.27 bits per heavy atom. The standard InChI is InChI=1S/C20H12BrClN2O2/c21-12-1-10-18-17(11-12)19(20(25)24-18)23-14-4-8-16(9-5-14)26-15-6-2-13(22)3-7-15/h1-11H,(H,23,24,25). The maximum Gasteiger partial charge on any atom is 0.275 e. The number of ether oxygens (including phenoxy) is 1. The number of carbonyl (C=O) groups is 1. The number of amides is 1. The van der Waals surface area contributed by atoms with Gasteiger partial charge in [0.1, 0.15) is 17.2 Å². The van der Waals surface area contributed by atoms with Crippen molar-refractivity contribution in [3.8, 4) is 11.5 Å². The van der Waals surface area contributed by atoms with E-state index < -0.39 is 0 Å². The van der Waals surface area contributed by atoms with Crippen molar-refractivity contribution in [2.45, 2.75) is 0 Å². The Hall–Kier alpha value is -2.63. The van der Waals surface area contributed by atoms with E-state index in [1.807, 2.05) is 42.5 Å². The van der Waals surface area contributed by atoms with Crippen molar-refractivity contribution in [1.82, 2.24) is 0 Å². The molecule has 128 valence electrons. The molecule has 26 heavy (non-hydrogen) atoms. The molecule has 0 saturated heterocycles. The number of rotatable bonds is 3. The van der Waals surface area contributed by atoms with Gasteiger partial charge >= 0.3 is 0 Å². The van der Waals surface area contributed by atoms with E-state index in [9.17, 15) is 4.79 Å². The molecule has 1 N–H and O–H groups in total. The molecule has 0 atom stereocenters. The number of aliphatic imine (C=N–C) groups is 1. The number of anilines is 1. The number of carbonyl (C=O) groups excluding carboxylic acids is 1. The summed E-state index contributed by atoms with van der Waals surface area (Å²) >= 11 is 9.29. The second kappa shape index (κ2) is 6.94. The van der Waals surface area contributed by atoms with Crippen LogP contribution in [0.3, 0.4) is 0 Å². The van der Waals surface area contributed by atoms with Crippen LogP contribution in [-0.4, -0.2) is 11.6 Å². The number of fused-ring (bicyclic) bond motifs is 1. The molecular weight excluding hydrogens is 416 g/mol. The molecule has 0 saturated carbocycles. The minimum absolute atomic E-state index is 0.209. The predicted molar refractivity (Wildman–Crippen MR) is 107 cm³/mol. The first kappa shape index (κ1) is 16.8. The summed E-state index contributed by atoms with van der Waals surface area (Å²) in [6.07, 6.45) is 0. The summed E-state index contributed by atoms with van der Waals surface area (Å²) in [7, 11) is 0. The molecular formula is C20H12BrClN2O2. The van der Waals surface area contributed by atoms with Gasteiger partial charge in [0.25, 0.3) is 5.91 Å². The highest BCUT2D eigenvalue weighted by Gasteiger charge is 2.25. The molecule has 1 aliphatic heterocycles. The van der Waals surface area contributed by atoms with E-state index in [1.54, 1.807) is 24.3 Å². The largest absolute Gasteiger partial charge is 0.457 e. The third-order valence-electron chi connectivity index (χ3n) is 3.83. The van der Waals surface area contributed by atoms with Crippen molar-refractivity contribution >= 4 is 50.5 Å². The minimum atomic E-state index is -0.209. The topological polar surface area (TPSA) is 50.7 Å². The number of nitrogens with zero attached hydrogens (tertiary/aromatic N) is 1. The normalized spacial score (nSPS) is 14.2. The Morgan fingerprint density at radius 1 is 0.923 bits per heavy atom. The first-order valence-corrected chi connectivity index (χ1v) is 8.99. The lowest BCUT2D eigenvalue weighted by molar-refractivity contribution is -0.110. The average Bonchev–Trinajstić information content (AvgIpc) is 2.94. The molecule has 3 aromatic carbocycles. The summed E-state index contributed by atoms with van der Waals surface area (Å²) in [6.45, 7) is 0. The predicted octanol–water partition coefficient (Wildman–Crippen LogP) is 5.97. The fraction of sp³-hybridized carbons (Fsp3) is 0. The molecule has 0 radical (unpaired) electrons. The quantitative estimate of drug-likeness (QED) is 0.560. The molecule has 0 aliphatic carbocycles. The molecule has 0 fully saturated rings. The van der Waals surface area contributed by atoms with Crippen molar-refractivity contribution < 1.29 is 9.53 Å². The summed E-state index contributed by atoms with van der Waals surface area (Å²) in [5.74, 6) is 1.16. The van der Waals surface area contributed by atoms with E-state index in [0.29, 0.717) is 27.9 Å². The second-order valence-corrected chi connectivity index (χ2v) is 7.01. The number of benzene rings is 3. The van der Waals surface area contributed by atoms with Gasteiger partial charge < -0.3 is 10.1 Å². The van der Waals surface area contributed by atoms with Gasteiger partial charge in [0.05, 0.1) is 11.4 Å². The number of hydrogen-bond acceptors (Lipinski definition) is 3. The van der Waals surface area contributed by atoms with Crippen LogP contribution < -0.4 is 10.1 Å². The summed E-state index contributed by atoms with van der Waals surface area (Å²) < 4.78 is 6.65. The van der Waals surface area contributed by atoms with Crippen LogP contribution in [0.4, 0.5) is 11.4 Å². The van der Waals surface area contributed by atoms with Crippen molar-refractivity contribution in [2.75, 3.05) is 5.32 Å². The lowest BCUT2D eigenvalue weighted by atomic mass is 10.1. The first-order chi connectivity index (χ1) is 12.6. The number of nitrogens with one attached hydrogen (secondary N) is 1. The maximum atomic E-state index is 12.2. The lowest BCUT2D eigenvalue weighted by Crippen LogP contribution is -2.13. The molecule has 6 heteroatoms. The highest BCUT2D eigenvalue weighted by molar-refractivity contribution is 9.10. The zero-order chi connectivity index (χ0) is 18.1. The van der Waals surface area contributed by atoms with Gasteiger partial charge in [-0.15, -0.1) is 0 Å². The van der Waals surface area contributed by atoms with E-state index in [2.05, 4.69) is 26.2 Å². The van der Waals surface area contributed by atoms with Gasteiger partial charge in [-0.2, -0.15) is 0 Å². The van der Waals surface area contributed by atoms with Crippen LogP contribution in [-0.2, 0) is 4.79 Å². The zero-order valence-corrected chi connectivity index (χ0v) is 15.7. The van der Waals surface area contributed by atoms with Crippen LogP contribution in [0.2, 0.25) is 5.02 Å². The second-order valence-electron chi connectivity index (χ2n) is 5.65. The van der Waals surface area contributed by atoms with Gasteiger partial charge in [0.15, 0.2) is 0 Å². The molecule has 3 aromatic rings. The molecule has 4 rings (SSSR count). The lowest BCUT2D eigenvalue weighted by Gasteiger charge is -2.06. The van der Waals surface area contributed by atoms with Gasteiger partial charge in [-0.3, -0.25) is 4.79 Å². The average molecular weight is 428 g/mol. The van der Waals surface area contributed by atoms with Crippen molar-refractivity contribution in [3.05, 3.63) is 81.8 Å². The van der Waals surface area contributed by atoms with Crippen molar-refractivity contribution in [1.29, 1.82) is 0 Å². The number of halogens is 2. The fourth-order valence-corrected chi connectivity index (χ4v) is 3.08.